The molecule has 0 saturated heterocycles. The predicted octanol–water partition coefficient (Wildman–Crippen LogP) is 2.37. The lowest BCUT2D eigenvalue weighted by molar-refractivity contribution is 0.710. The molecule has 3 aromatic rings. The molecule has 0 amide bonds. The van der Waals surface area contributed by atoms with E-state index in [1.54, 1.807) is 11.3 Å². The topological polar surface area (TPSA) is 74.6 Å². The Kier molecular flexibility index (Phi) is 3.67. The maximum atomic E-state index is 6.11. The standard InChI is InChI=1S/C14H20N6S/c1-4-6-10-12-13(19(3)18-10)20(14(15)17-12)8-11-16-7-9(5-2)21-11/h7H,4-6,8H2,1-3H3,(H2,15,17). The monoisotopic (exact) mass is 304 g/mol. The Hall–Kier alpha value is -1.89. The Morgan fingerprint density at radius 3 is 2.81 bits per heavy atom. The fourth-order valence-electron chi connectivity index (χ4n) is 2.54. The summed E-state index contributed by atoms with van der Waals surface area (Å²) < 4.78 is 3.87. The molecule has 0 aliphatic rings. The number of rotatable bonds is 5. The van der Waals surface area contributed by atoms with Gasteiger partial charge in [-0.3, -0.25) is 9.25 Å². The fourth-order valence-corrected chi connectivity index (χ4v) is 3.39. The van der Waals surface area contributed by atoms with Crippen molar-refractivity contribution in [3.63, 3.8) is 0 Å². The number of aromatic nitrogens is 5. The molecule has 112 valence electrons. The number of hydrogen-bond donors (Lipinski definition) is 1. The third-order valence-electron chi connectivity index (χ3n) is 3.55. The van der Waals surface area contributed by atoms with Crippen LogP contribution in [0.1, 0.15) is 35.8 Å². The summed E-state index contributed by atoms with van der Waals surface area (Å²) >= 11 is 1.73. The number of fused-ring (bicyclic) bond motifs is 1. The zero-order chi connectivity index (χ0) is 15.0. The van der Waals surface area contributed by atoms with E-state index in [9.17, 15) is 0 Å². The van der Waals surface area contributed by atoms with Crippen LogP contribution in [-0.2, 0) is 26.4 Å². The molecule has 0 aromatic carbocycles. The second kappa shape index (κ2) is 5.48. The number of anilines is 1. The van der Waals surface area contributed by atoms with Gasteiger partial charge in [0.05, 0.1) is 12.2 Å². The lowest BCUT2D eigenvalue weighted by atomic mass is 10.2. The molecule has 0 fully saturated rings. The molecule has 0 atom stereocenters. The molecular formula is C14H20N6S. The van der Waals surface area contributed by atoms with Crippen molar-refractivity contribution in [3.8, 4) is 0 Å². The van der Waals surface area contributed by atoms with E-state index in [1.165, 1.54) is 4.88 Å². The first-order valence-corrected chi connectivity index (χ1v) is 8.06. The van der Waals surface area contributed by atoms with Crippen molar-refractivity contribution in [2.45, 2.75) is 39.7 Å². The van der Waals surface area contributed by atoms with Crippen LogP contribution >= 0.6 is 11.3 Å². The molecule has 0 unspecified atom stereocenters. The summed E-state index contributed by atoms with van der Waals surface area (Å²) in [4.78, 5) is 10.3. The zero-order valence-corrected chi connectivity index (χ0v) is 13.4. The lowest BCUT2D eigenvalue weighted by Gasteiger charge is -2.04. The molecule has 7 heteroatoms. The van der Waals surface area contributed by atoms with Crippen molar-refractivity contribution in [1.29, 1.82) is 0 Å². The van der Waals surface area contributed by atoms with Crippen molar-refractivity contribution in [2.75, 3.05) is 5.73 Å². The summed E-state index contributed by atoms with van der Waals surface area (Å²) in [7, 11) is 1.94. The minimum Gasteiger partial charge on any atom is -0.369 e. The van der Waals surface area contributed by atoms with E-state index in [2.05, 4.69) is 28.9 Å². The Morgan fingerprint density at radius 1 is 1.33 bits per heavy atom. The minimum absolute atomic E-state index is 0.531. The molecule has 21 heavy (non-hydrogen) atoms. The van der Waals surface area contributed by atoms with E-state index in [1.807, 2.05) is 22.5 Å². The number of aryl methyl sites for hydroxylation is 3. The highest BCUT2D eigenvalue weighted by atomic mass is 32.1. The van der Waals surface area contributed by atoms with Crippen molar-refractivity contribution in [3.05, 3.63) is 21.8 Å². The minimum atomic E-state index is 0.531. The van der Waals surface area contributed by atoms with Crippen LogP contribution in [0.15, 0.2) is 6.20 Å². The van der Waals surface area contributed by atoms with Crippen LogP contribution in [0.2, 0.25) is 0 Å². The second-order valence-corrected chi connectivity index (χ2v) is 6.32. The van der Waals surface area contributed by atoms with Crippen LogP contribution in [0, 0.1) is 0 Å². The van der Waals surface area contributed by atoms with Gasteiger partial charge < -0.3 is 5.73 Å². The van der Waals surface area contributed by atoms with Crippen LogP contribution < -0.4 is 5.73 Å². The van der Waals surface area contributed by atoms with Gasteiger partial charge in [-0.05, 0) is 12.8 Å². The van der Waals surface area contributed by atoms with Crippen LogP contribution in [0.25, 0.3) is 11.2 Å². The maximum Gasteiger partial charge on any atom is 0.202 e. The molecule has 3 aromatic heterocycles. The third kappa shape index (κ3) is 2.42. The largest absolute Gasteiger partial charge is 0.369 e. The van der Waals surface area contributed by atoms with Gasteiger partial charge in [0.25, 0.3) is 0 Å². The summed E-state index contributed by atoms with van der Waals surface area (Å²) in [6, 6.07) is 0. The van der Waals surface area contributed by atoms with Crippen molar-refractivity contribution in [1.82, 2.24) is 24.3 Å². The van der Waals surface area contributed by atoms with Crippen molar-refractivity contribution < 1.29 is 0 Å². The summed E-state index contributed by atoms with van der Waals surface area (Å²) in [5, 5.41) is 5.62. The van der Waals surface area contributed by atoms with Gasteiger partial charge in [0.2, 0.25) is 5.95 Å². The normalized spacial score (nSPS) is 11.6. The van der Waals surface area contributed by atoms with Gasteiger partial charge in [-0.1, -0.05) is 20.3 Å². The van der Waals surface area contributed by atoms with Crippen LogP contribution in [-0.4, -0.2) is 24.3 Å². The van der Waals surface area contributed by atoms with Gasteiger partial charge in [-0.2, -0.15) is 5.10 Å². The number of nitrogen functional groups attached to an aromatic ring is 1. The average molecular weight is 304 g/mol. The van der Waals surface area contributed by atoms with Gasteiger partial charge in [0.1, 0.15) is 10.5 Å². The molecule has 0 bridgehead atoms. The summed E-state index contributed by atoms with van der Waals surface area (Å²) in [5.41, 5.74) is 9.03. The first-order valence-electron chi connectivity index (χ1n) is 7.25. The van der Waals surface area contributed by atoms with Gasteiger partial charge in [0.15, 0.2) is 5.65 Å². The number of hydrogen-bond acceptors (Lipinski definition) is 5. The molecule has 2 N–H and O–H groups in total. The first-order chi connectivity index (χ1) is 10.1. The summed E-state index contributed by atoms with van der Waals surface area (Å²) in [6.07, 6.45) is 4.92. The van der Waals surface area contributed by atoms with Crippen molar-refractivity contribution in [2.24, 2.45) is 7.05 Å². The lowest BCUT2D eigenvalue weighted by Crippen LogP contribution is -2.07. The smallest absolute Gasteiger partial charge is 0.202 e. The van der Waals surface area contributed by atoms with E-state index >= 15 is 0 Å². The molecule has 0 saturated carbocycles. The Bertz CT molecular complexity index is 766. The molecule has 0 aliphatic carbocycles. The second-order valence-electron chi connectivity index (χ2n) is 5.12. The van der Waals surface area contributed by atoms with E-state index in [4.69, 9.17) is 5.73 Å². The highest BCUT2D eigenvalue weighted by molar-refractivity contribution is 7.11. The van der Waals surface area contributed by atoms with Gasteiger partial charge >= 0.3 is 0 Å². The van der Waals surface area contributed by atoms with Gasteiger partial charge in [-0.25, -0.2) is 9.97 Å². The highest BCUT2D eigenvalue weighted by Gasteiger charge is 2.18. The summed E-state index contributed by atoms with van der Waals surface area (Å²) in [5.74, 6) is 0.531. The number of imidazole rings is 1. The van der Waals surface area contributed by atoms with E-state index in [-0.39, 0.29) is 0 Å². The summed E-state index contributed by atoms with van der Waals surface area (Å²) in [6.45, 7) is 4.93. The molecule has 6 nitrogen and oxygen atoms in total. The van der Waals surface area contributed by atoms with E-state index in [0.717, 1.165) is 41.1 Å². The van der Waals surface area contributed by atoms with Crippen LogP contribution in [0.3, 0.4) is 0 Å². The maximum absolute atomic E-state index is 6.11. The quantitative estimate of drug-likeness (QED) is 0.785. The molecule has 0 spiro atoms. The fraction of sp³-hybridized carbons (Fsp3) is 0.500. The van der Waals surface area contributed by atoms with Crippen LogP contribution in [0.5, 0.6) is 0 Å². The van der Waals surface area contributed by atoms with Crippen LogP contribution in [0.4, 0.5) is 5.95 Å². The predicted molar refractivity (Wildman–Crippen MR) is 85.5 cm³/mol. The highest BCUT2D eigenvalue weighted by Crippen LogP contribution is 2.24. The van der Waals surface area contributed by atoms with Crippen molar-refractivity contribution >= 4 is 28.4 Å². The van der Waals surface area contributed by atoms with E-state index in [0.29, 0.717) is 12.5 Å². The average Bonchev–Trinajstić information content (AvgIpc) is 3.11. The Balaban J connectivity index is 2.03. The Morgan fingerprint density at radius 2 is 2.14 bits per heavy atom. The van der Waals surface area contributed by atoms with Gasteiger partial charge in [0, 0.05) is 18.1 Å². The van der Waals surface area contributed by atoms with Gasteiger partial charge in [-0.15, -0.1) is 11.3 Å². The molecule has 3 rings (SSSR count). The number of nitrogens with zero attached hydrogens (tertiary/aromatic N) is 5. The first kappa shape index (κ1) is 14.1. The molecule has 0 radical (unpaired) electrons. The zero-order valence-electron chi connectivity index (χ0n) is 12.6. The number of thiazole rings is 1. The molecule has 3 heterocycles. The SMILES string of the molecule is CCCc1nn(C)c2c1nc(N)n2Cc1ncc(CC)s1. The molecule has 0 aliphatic heterocycles. The Labute approximate surface area is 127 Å². The number of nitrogens with two attached hydrogens (primary N) is 1. The molecular weight excluding hydrogens is 284 g/mol. The van der Waals surface area contributed by atoms with E-state index < -0.39 is 0 Å². The third-order valence-corrected chi connectivity index (χ3v) is 4.68.